The molecule has 0 aliphatic carbocycles. The first kappa shape index (κ1) is 14.1. The minimum absolute atomic E-state index is 0.0746. The second kappa shape index (κ2) is 5.57. The van der Waals surface area contributed by atoms with E-state index in [1.54, 1.807) is 13.8 Å². The summed E-state index contributed by atoms with van der Waals surface area (Å²) < 4.78 is 38.9. The van der Waals surface area contributed by atoms with Crippen LogP contribution >= 0.6 is 0 Å². The Kier molecular flexibility index (Phi) is 4.62. The van der Waals surface area contributed by atoms with Crippen molar-refractivity contribution in [3.8, 4) is 0 Å². The average molecular weight is 261 g/mol. The second-order valence-electron chi connectivity index (χ2n) is 3.82. The number of hydrogen-bond donors (Lipinski definition) is 2. The molecule has 0 radical (unpaired) electrons. The highest BCUT2D eigenvalue weighted by Gasteiger charge is 2.18. The van der Waals surface area contributed by atoms with Gasteiger partial charge in [-0.1, -0.05) is 13.0 Å². The molecule has 0 aliphatic rings. The maximum absolute atomic E-state index is 13.0. The van der Waals surface area contributed by atoms with E-state index in [9.17, 15) is 17.9 Å². The summed E-state index contributed by atoms with van der Waals surface area (Å²) in [6.07, 6.45) is -0.288. The summed E-state index contributed by atoms with van der Waals surface area (Å²) in [5.41, 5.74) is 0.463. The number of halogens is 1. The molecule has 1 rings (SSSR count). The highest BCUT2D eigenvalue weighted by Crippen LogP contribution is 2.16. The average Bonchev–Trinajstić information content (AvgIpc) is 2.29. The van der Waals surface area contributed by atoms with E-state index in [-0.39, 0.29) is 11.4 Å². The predicted molar refractivity (Wildman–Crippen MR) is 62.6 cm³/mol. The smallest absolute Gasteiger partial charge is 0.241 e. The van der Waals surface area contributed by atoms with Crippen LogP contribution in [-0.2, 0) is 10.0 Å². The van der Waals surface area contributed by atoms with Crippen LogP contribution in [-0.4, -0.2) is 26.2 Å². The lowest BCUT2D eigenvalue weighted by atomic mass is 10.2. The highest BCUT2D eigenvalue weighted by atomic mass is 32.2. The SMILES string of the molecule is CCC(O)CNS(=O)(=O)c1cc(F)ccc1C. The molecule has 0 fully saturated rings. The molecule has 0 spiro atoms. The lowest BCUT2D eigenvalue weighted by Crippen LogP contribution is -2.32. The standard InChI is InChI=1S/C11H16FNO3S/c1-3-10(14)7-13-17(15,16)11-6-9(12)5-4-8(11)2/h4-6,10,13-14H,3,7H2,1-2H3. The van der Waals surface area contributed by atoms with Crippen LogP contribution in [0.25, 0.3) is 0 Å². The zero-order chi connectivity index (χ0) is 13.1. The Labute approximate surface area is 101 Å². The maximum atomic E-state index is 13.0. The minimum Gasteiger partial charge on any atom is -0.392 e. The third-order valence-corrected chi connectivity index (χ3v) is 3.99. The van der Waals surface area contributed by atoms with Gasteiger partial charge in [-0.3, -0.25) is 0 Å². The van der Waals surface area contributed by atoms with Crippen molar-refractivity contribution in [3.05, 3.63) is 29.6 Å². The molecule has 0 saturated heterocycles. The van der Waals surface area contributed by atoms with Gasteiger partial charge in [-0.15, -0.1) is 0 Å². The zero-order valence-corrected chi connectivity index (χ0v) is 10.6. The van der Waals surface area contributed by atoms with Crippen LogP contribution in [0.1, 0.15) is 18.9 Å². The van der Waals surface area contributed by atoms with E-state index in [1.165, 1.54) is 12.1 Å². The Bertz CT molecular complexity index is 487. The van der Waals surface area contributed by atoms with E-state index in [1.807, 2.05) is 0 Å². The summed E-state index contributed by atoms with van der Waals surface area (Å²) in [6, 6.07) is 3.57. The van der Waals surface area contributed by atoms with Gasteiger partial charge in [0, 0.05) is 6.54 Å². The fourth-order valence-corrected chi connectivity index (χ4v) is 2.62. The summed E-state index contributed by atoms with van der Waals surface area (Å²) in [4.78, 5) is -0.0965. The number of sulfonamides is 1. The topological polar surface area (TPSA) is 66.4 Å². The van der Waals surface area contributed by atoms with Crippen LogP contribution in [0.5, 0.6) is 0 Å². The van der Waals surface area contributed by atoms with Crippen LogP contribution in [0.2, 0.25) is 0 Å². The number of aryl methyl sites for hydroxylation is 1. The number of rotatable bonds is 5. The summed E-state index contributed by atoms with van der Waals surface area (Å²) in [7, 11) is -3.77. The Morgan fingerprint density at radius 3 is 2.71 bits per heavy atom. The van der Waals surface area contributed by atoms with Gasteiger partial charge in [0.2, 0.25) is 10.0 Å². The summed E-state index contributed by atoms with van der Waals surface area (Å²) >= 11 is 0. The number of benzene rings is 1. The molecule has 0 saturated carbocycles. The Morgan fingerprint density at radius 1 is 1.47 bits per heavy atom. The molecule has 96 valence electrons. The van der Waals surface area contributed by atoms with E-state index in [0.29, 0.717) is 12.0 Å². The van der Waals surface area contributed by atoms with E-state index in [0.717, 1.165) is 6.07 Å². The first-order valence-corrected chi connectivity index (χ1v) is 6.79. The fraction of sp³-hybridized carbons (Fsp3) is 0.455. The van der Waals surface area contributed by atoms with Crippen LogP contribution in [0.4, 0.5) is 4.39 Å². The minimum atomic E-state index is -3.77. The van der Waals surface area contributed by atoms with Gasteiger partial charge >= 0.3 is 0 Å². The molecule has 2 N–H and O–H groups in total. The van der Waals surface area contributed by atoms with Crippen molar-refractivity contribution in [2.24, 2.45) is 0 Å². The van der Waals surface area contributed by atoms with Crippen molar-refractivity contribution in [1.82, 2.24) is 4.72 Å². The number of nitrogens with one attached hydrogen (secondary N) is 1. The molecule has 6 heteroatoms. The van der Waals surface area contributed by atoms with Gasteiger partial charge in [0.05, 0.1) is 11.0 Å². The van der Waals surface area contributed by atoms with Crippen molar-refractivity contribution in [2.45, 2.75) is 31.3 Å². The van der Waals surface area contributed by atoms with E-state index in [4.69, 9.17) is 0 Å². The molecule has 1 aromatic carbocycles. The van der Waals surface area contributed by atoms with Crippen LogP contribution < -0.4 is 4.72 Å². The van der Waals surface area contributed by atoms with Gasteiger partial charge in [-0.05, 0) is 31.0 Å². The predicted octanol–water partition coefficient (Wildman–Crippen LogP) is 1.18. The third kappa shape index (κ3) is 3.76. The molecule has 4 nitrogen and oxygen atoms in total. The van der Waals surface area contributed by atoms with Gasteiger partial charge in [0.1, 0.15) is 5.82 Å². The molecule has 0 aromatic heterocycles. The number of aliphatic hydroxyl groups excluding tert-OH is 1. The largest absolute Gasteiger partial charge is 0.392 e. The molecule has 1 atom stereocenters. The second-order valence-corrected chi connectivity index (χ2v) is 5.56. The maximum Gasteiger partial charge on any atom is 0.241 e. The van der Waals surface area contributed by atoms with E-state index in [2.05, 4.69) is 4.72 Å². The van der Waals surface area contributed by atoms with Crippen molar-refractivity contribution in [3.63, 3.8) is 0 Å². The molecule has 0 amide bonds. The number of aliphatic hydroxyl groups is 1. The van der Waals surface area contributed by atoms with Crippen LogP contribution in [0, 0.1) is 12.7 Å². The molecule has 17 heavy (non-hydrogen) atoms. The van der Waals surface area contributed by atoms with E-state index < -0.39 is 21.9 Å². The van der Waals surface area contributed by atoms with Crippen molar-refractivity contribution < 1.29 is 17.9 Å². The van der Waals surface area contributed by atoms with E-state index >= 15 is 0 Å². The summed E-state index contributed by atoms with van der Waals surface area (Å²) in [6.45, 7) is 3.26. The van der Waals surface area contributed by atoms with Crippen LogP contribution in [0.15, 0.2) is 23.1 Å². The zero-order valence-electron chi connectivity index (χ0n) is 9.77. The van der Waals surface area contributed by atoms with Gasteiger partial charge in [-0.2, -0.15) is 0 Å². The lowest BCUT2D eigenvalue weighted by molar-refractivity contribution is 0.174. The Morgan fingerprint density at radius 2 is 2.12 bits per heavy atom. The molecule has 1 aromatic rings. The fourth-order valence-electron chi connectivity index (χ4n) is 1.29. The van der Waals surface area contributed by atoms with Crippen molar-refractivity contribution >= 4 is 10.0 Å². The van der Waals surface area contributed by atoms with Crippen molar-refractivity contribution in [2.75, 3.05) is 6.54 Å². The van der Waals surface area contributed by atoms with Crippen molar-refractivity contribution in [1.29, 1.82) is 0 Å². The molecule has 0 bridgehead atoms. The molecule has 1 unspecified atom stereocenters. The monoisotopic (exact) mass is 261 g/mol. The van der Waals surface area contributed by atoms with Gasteiger partial charge < -0.3 is 5.11 Å². The van der Waals surface area contributed by atoms with Crippen LogP contribution in [0.3, 0.4) is 0 Å². The molecule has 0 heterocycles. The van der Waals surface area contributed by atoms with Gasteiger partial charge in [-0.25, -0.2) is 17.5 Å². The number of hydrogen-bond acceptors (Lipinski definition) is 3. The lowest BCUT2D eigenvalue weighted by Gasteiger charge is -2.11. The highest BCUT2D eigenvalue weighted by molar-refractivity contribution is 7.89. The van der Waals surface area contributed by atoms with Gasteiger partial charge in [0.25, 0.3) is 0 Å². The Hall–Kier alpha value is -0.980. The quantitative estimate of drug-likeness (QED) is 0.836. The molecule has 0 aliphatic heterocycles. The summed E-state index contributed by atoms with van der Waals surface area (Å²) in [5, 5.41) is 9.29. The molecular weight excluding hydrogens is 245 g/mol. The first-order valence-electron chi connectivity index (χ1n) is 5.30. The molecular formula is C11H16FNO3S. The first-order chi connectivity index (χ1) is 7.86. The Balaban J connectivity index is 2.93. The normalized spacial score (nSPS) is 13.6. The van der Waals surface area contributed by atoms with Gasteiger partial charge in [0.15, 0.2) is 0 Å². The third-order valence-electron chi connectivity index (χ3n) is 2.42. The summed E-state index contributed by atoms with van der Waals surface area (Å²) in [5.74, 6) is -0.605.